The first-order valence-corrected chi connectivity index (χ1v) is 9.28. The van der Waals surface area contributed by atoms with E-state index in [1.807, 2.05) is 12.1 Å². The number of aromatic nitrogens is 1. The molecule has 0 spiro atoms. The summed E-state index contributed by atoms with van der Waals surface area (Å²) in [6.45, 7) is 3.10. The summed E-state index contributed by atoms with van der Waals surface area (Å²) in [6.07, 6.45) is 7.45. The first kappa shape index (κ1) is 18.9. The molecule has 0 bridgehead atoms. The van der Waals surface area contributed by atoms with Crippen molar-refractivity contribution in [3.05, 3.63) is 71.2 Å². The number of hydrogen-bond donors (Lipinski definition) is 3. The summed E-state index contributed by atoms with van der Waals surface area (Å²) in [5.41, 5.74) is 13.9. The quantitative estimate of drug-likeness (QED) is 0.316. The molecular weight excluding hydrogens is 336 g/mol. The van der Waals surface area contributed by atoms with Gasteiger partial charge in [-0.3, -0.25) is 4.98 Å². The van der Waals surface area contributed by atoms with Crippen molar-refractivity contribution in [3.8, 4) is 0 Å². The van der Waals surface area contributed by atoms with Crippen LogP contribution >= 0.6 is 0 Å². The van der Waals surface area contributed by atoms with Gasteiger partial charge in [0.15, 0.2) is 5.84 Å². The fourth-order valence-electron chi connectivity index (χ4n) is 3.73. The zero-order valence-corrected chi connectivity index (χ0v) is 16.0. The van der Waals surface area contributed by atoms with Crippen LogP contribution < -0.4 is 17.1 Å². The van der Waals surface area contributed by atoms with E-state index in [4.69, 9.17) is 11.6 Å². The van der Waals surface area contributed by atoms with Crippen LogP contribution in [0.3, 0.4) is 0 Å². The number of hydrogen-bond acceptors (Lipinski definition) is 5. The van der Waals surface area contributed by atoms with Crippen molar-refractivity contribution in [2.24, 2.45) is 22.6 Å². The molecule has 0 aliphatic heterocycles. The summed E-state index contributed by atoms with van der Waals surface area (Å²) in [4.78, 5) is 6.72. The highest BCUT2D eigenvalue weighted by molar-refractivity contribution is 5.97. The molecule has 5 N–H and O–H groups in total. The molecule has 1 aliphatic rings. The molecule has 1 aromatic carbocycles. The van der Waals surface area contributed by atoms with E-state index >= 15 is 0 Å². The number of aryl methyl sites for hydroxylation is 1. The topological polar surface area (TPSA) is 92.6 Å². The minimum atomic E-state index is 0.336. The molecule has 0 saturated heterocycles. The van der Waals surface area contributed by atoms with E-state index < -0.39 is 0 Å². The second kappa shape index (κ2) is 8.68. The third-order valence-corrected chi connectivity index (χ3v) is 5.05. The minimum absolute atomic E-state index is 0.336. The predicted molar refractivity (Wildman–Crippen MR) is 111 cm³/mol. The van der Waals surface area contributed by atoms with E-state index in [1.54, 1.807) is 6.20 Å². The molecule has 3 rings (SSSR count). The van der Waals surface area contributed by atoms with Crippen LogP contribution in [0.2, 0.25) is 0 Å². The van der Waals surface area contributed by atoms with Crippen molar-refractivity contribution in [1.82, 2.24) is 15.4 Å². The Morgan fingerprint density at radius 2 is 2.11 bits per heavy atom. The molecule has 0 saturated carbocycles. The number of nitrogens with zero attached hydrogens (tertiary/aromatic N) is 3. The lowest BCUT2D eigenvalue weighted by Crippen LogP contribution is -2.26. The molecule has 1 atom stereocenters. The summed E-state index contributed by atoms with van der Waals surface area (Å²) in [6, 6.07) is 12.5. The van der Waals surface area contributed by atoms with Crippen LogP contribution in [0, 0.1) is 5.92 Å². The number of fused-ring (bicyclic) bond motifs is 1. The Bertz CT molecular complexity index is 842. The molecule has 0 amide bonds. The molecule has 142 valence electrons. The van der Waals surface area contributed by atoms with E-state index in [1.165, 1.54) is 24.0 Å². The molecule has 27 heavy (non-hydrogen) atoms. The van der Waals surface area contributed by atoms with E-state index in [0.717, 1.165) is 29.8 Å². The Balaban J connectivity index is 1.66. The molecular formula is C21H28N6. The van der Waals surface area contributed by atoms with Crippen LogP contribution in [0.25, 0.3) is 5.57 Å². The predicted octanol–water partition coefficient (Wildman–Crippen LogP) is 2.26. The van der Waals surface area contributed by atoms with Gasteiger partial charge in [0.1, 0.15) is 0 Å². The molecule has 6 heteroatoms. The molecule has 0 radical (unpaired) electrons. The largest absolute Gasteiger partial charge is 0.382 e. The number of nitrogens with one attached hydrogen (secondary N) is 1. The lowest BCUT2D eigenvalue weighted by atomic mass is 9.84. The van der Waals surface area contributed by atoms with Gasteiger partial charge in [-0.2, -0.15) is 0 Å². The van der Waals surface area contributed by atoms with Crippen molar-refractivity contribution in [3.63, 3.8) is 0 Å². The molecule has 1 aromatic heterocycles. The zero-order chi connectivity index (χ0) is 19.2. The summed E-state index contributed by atoms with van der Waals surface area (Å²) in [7, 11) is 2.13. The first-order chi connectivity index (χ1) is 13.1. The fraction of sp³-hybridized carbons (Fsp3) is 0.333. The number of hydrazone groups is 1. The van der Waals surface area contributed by atoms with Gasteiger partial charge in [0.2, 0.25) is 0 Å². The van der Waals surface area contributed by atoms with Crippen molar-refractivity contribution in [1.29, 1.82) is 0 Å². The van der Waals surface area contributed by atoms with E-state index in [9.17, 15) is 0 Å². The molecule has 0 fully saturated rings. The lowest BCUT2D eigenvalue weighted by Gasteiger charge is -2.28. The van der Waals surface area contributed by atoms with Gasteiger partial charge in [-0.25, -0.2) is 11.4 Å². The van der Waals surface area contributed by atoms with Crippen molar-refractivity contribution < 1.29 is 0 Å². The number of pyridine rings is 1. The summed E-state index contributed by atoms with van der Waals surface area (Å²) >= 11 is 0. The van der Waals surface area contributed by atoms with E-state index in [0.29, 0.717) is 11.8 Å². The van der Waals surface area contributed by atoms with Gasteiger partial charge in [-0.05, 0) is 60.9 Å². The molecule has 1 unspecified atom stereocenters. The van der Waals surface area contributed by atoms with Gasteiger partial charge >= 0.3 is 0 Å². The van der Waals surface area contributed by atoms with Crippen LogP contribution in [0.4, 0.5) is 0 Å². The van der Waals surface area contributed by atoms with Crippen molar-refractivity contribution >= 4 is 11.4 Å². The van der Waals surface area contributed by atoms with E-state index in [-0.39, 0.29) is 0 Å². The Hall–Kier alpha value is -2.86. The van der Waals surface area contributed by atoms with Crippen LogP contribution in [-0.4, -0.2) is 29.3 Å². The Labute approximate surface area is 160 Å². The Morgan fingerprint density at radius 1 is 1.33 bits per heavy atom. The first-order valence-electron chi connectivity index (χ1n) is 9.28. The molecule has 2 aromatic rings. The van der Waals surface area contributed by atoms with Gasteiger partial charge in [0.05, 0.1) is 5.69 Å². The van der Waals surface area contributed by atoms with Crippen LogP contribution in [0.1, 0.15) is 35.7 Å². The molecule has 1 heterocycles. The maximum absolute atomic E-state index is 5.89. The minimum Gasteiger partial charge on any atom is -0.382 e. The van der Waals surface area contributed by atoms with Gasteiger partial charge in [-0.15, -0.1) is 5.10 Å². The second-order valence-electron chi connectivity index (χ2n) is 7.19. The number of hydrazine groups is 1. The third-order valence-electron chi connectivity index (χ3n) is 5.05. The highest BCUT2D eigenvalue weighted by Gasteiger charge is 2.19. The highest BCUT2D eigenvalue weighted by Crippen LogP contribution is 2.26. The lowest BCUT2D eigenvalue weighted by molar-refractivity contribution is 0.328. The maximum Gasteiger partial charge on any atom is 0.152 e. The third kappa shape index (κ3) is 4.86. The number of amidine groups is 1. The summed E-state index contributed by atoms with van der Waals surface area (Å²) in [5, 5.41) is 3.82. The SMILES string of the molecule is C/C(=C\N(C)CC1CCc2ccccc2C1)c1cc(/C(N)=N/NN)ccn1. The summed E-state index contributed by atoms with van der Waals surface area (Å²) in [5.74, 6) is 6.21. The van der Waals surface area contributed by atoms with Crippen LogP contribution in [-0.2, 0) is 12.8 Å². The number of rotatable bonds is 6. The molecule has 1 aliphatic carbocycles. The zero-order valence-electron chi connectivity index (χ0n) is 16.0. The standard InChI is InChI=1S/C21H28N6/c1-15(20-12-19(9-10-24-20)21(22)25-26-23)13-27(2)14-16-7-8-17-5-3-4-6-18(17)11-16/h3-6,9-10,12-13,16,26H,7-8,11,14,23H2,1-2H3,(H2,22,25)/b15-13+. The van der Waals surface area contributed by atoms with Crippen molar-refractivity contribution in [2.45, 2.75) is 26.2 Å². The van der Waals surface area contributed by atoms with Crippen LogP contribution in [0.5, 0.6) is 0 Å². The normalized spacial score (nSPS) is 17.4. The number of benzene rings is 1. The number of allylic oxidation sites excluding steroid dienone is 1. The fourth-order valence-corrected chi connectivity index (χ4v) is 3.73. The van der Waals surface area contributed by atoms with Gasteiger partial charge in [0, 0.05) is 31.6 Å². The van der Waals surface area contributed by atoms with Crippen molar-refractivity contribution in [2.75, 3.05) is 13.6 Å². The van der Waals surface area contributed by atoms with Crippen LogP contribution in [0.15, 0.2) is 53.9 Å². The average Bonchev–Trinajstić information content (AvgIpc) is 2.68. The van der Waals surface area contributed by atoms with Gasteiger partial charge in [-0.1, -0.05) is 24.3 Å². The van der Waals surface area contributed by atoms with Gasteiger partial charge in [0.25, 0.3) is 0 Å². The monoisotopic (exact) mass is 364 g/mol. The number of nitrogens with two attached hydrogens (primary N) is 2. The maximum atomic E-state index is 5.89. The Morgan fingerprint density at radius 3 is 2.89 bits per heavy atom. The molecule has 6 nitrogen and oxygen atoms in total. The second-order valence-corrected chi connectivity index (χ2v) is 7.19. The highest BCUT2D eigenvalue weighted by atomic mass is 15.5. The average molecular weight is 364 g/mol. The smallest absolute Gasteiger partial charge is 0.152 e. The Kier molecular flexibility index (Phi) is 6.08. The van der Waals surface area contributed by atoms with E-state index in [2.05, 4.69) is 65.0 Å². The van der Waals surface area contributed by atoms with Gasteiger partial charge < -0.3 is 10.6 Å². The summed E-state index contributed by atoms with van der Waals surface area (Å²) < 4.78 is 0.